The fourth-order valence-corrected chi connectivity index (χ4v) is 13.2. The number of nitrogens with zero attached hydrogens (tertiary/aromatic N) is 2. The van der Waals surface area contributed by atoms with Gasteiger partial charge in [-0.1, -0.05) is 48.6 Å². The monoisotopic (exact) mass is 1380 g/mol. The number of fused-ring (bicyclic) bond motifs is 30. The Hall–Kier alpha value is -10.1. The molecule has 6 aromatic rings. The van der Waals surface area contributed by atoms with Crippen LogP contribution in [-0.4, -0.2) is 177 Å². The zero-order valence-corrected chi connectivity index (χ0v) is 56.3. The molecular formula is C72H88F3N13O12. The summed E-state index contributed by atoms with van der Waals surface area (Å²) in [5, 5.41) is 31.0. The van der Waals surface area contributed by atoms with Crippen molar-refractivity contribution in [1.29, 1.82) is 0 Å². The van der Waals surface area contributed by atoms with Crippen LogP contribution in [0.1, 0.15) is 113 Å². The highest BCUT2D eigenvalue weighted by Crippen LogP contribution is 2.32. The van der Waals surface area contributed by atoms with Gasteiger partial charge in [0, 0.05) is 91.7 Å². The third-order valence-corrected chi connectivity index (χ3v) is 18.7. The van der Waals surface area contributed by atoms with Crippen molar-refractivity contribution < 1.29 is 71.0 Å². The van der Waals surface area contributed by atoms with Crippen molar-refractivity contribution in [3.05, 3.63) is 143 Å². The summed E-state index contributed by atoms with van der Waals surface area (Å²) in [6, 6.07) is 9.94. The number of carbonyl (C=O) groups excluding carboxylic acids is 10. The molecule has 4 aliphatic heterocycles. The summed E-state index contributed by atoms with van der Waals surface area (Å²) in [7, 11) is 1.46. The summed E-state index contributed by atoms with van der Waals surface area (Å²) in [5.41, 5.74) is 13.6. The minimum atomic E-state index is -1.88. The lowest BCUT2D eigenvalue weighted by atomic mass is 9.94. The number of hydrogen-bond acceptors (Lipinski definition) is 13. The molecule has 2 bridgehead atoms. The van der Waals surface area contributed by atoms with E-state index in [1.54, 1.807) is 55.5 Å². The van der Waals surface area contributed by atoms with Gasteiger partial charge in [-0.3, -0.25) is 47.9 Å². The number of amides is 10. The Morgan fingerprint density at radius 3 is 1.95 bits per heavy atom. The summed E-state index contributed by atoms with van der Waals surface area (Å²) >= 11 is 0. The largest absolute Gasteiger partial charge is 0.497 e. The Balaban J connectivity index is 1.05. The minimum Gasteiger partial charge on any atom is -0.497 e. The molecule has 2 fully saturated rings. The van der Waals surface area contributed by atoms with Crippen molar-refractivity contribution in [2.45, 2.75) is 177 Å². The number of nitrogens with one attached hydrogen (secondary N) is 9. The molecule has 10 rings (SSSR count). The molecule has 25 nitrogen and oxygen atoms in total. The van der Waals surface area contributed by atoms with Gasteiger partial charge in [-0.05, 0) is 149 Å². The molecule has 14 N–H and O–H groups in total. The summed E-state index contributed by atoms with van der Waals surface area (Å²) < 4.78 is 51.3. The highest BCUT2D eigenvalue weighted by atomic mass is 19.1. The fourth-order valence-electron chi connectivity index (χ4n) is 13.2. The first-order valence-electron chi connectivity index (χ1n) is 33.7. The predicted molar refractivity (Wildman–Crippen MR) is 366 cm³/mol. The van der Waals surface area contributed by atoms with E-state index in [9.17, 15) is 47.4 Å². The number of halogens is 3. The summed E-state index contributed by atoms with van der Waals surface area (Å²) in [6.45, 7) is 3.90. The van der Waals surface area contributed by atoms with Gasteiger partial charge in [-0.25, -0.2) is 13.2 Å². The Bertz CT molecular complexity index is 4000. The lowest BCUT2D eigenvalue weighted by Gasteiger charge is -2.37. The van der Waals surface area contributed by atoms with Crippen molar-refractivity contribution in [3.63, 3.8) is 0 Å². The second-order valence-electron chi connectivity index (χ2n) is 26.3. The number of aliphatic hydroxyl groups is 1. The molecule has 4 aliphatic rings. The van der Waals surface area contributed by atoms with Crippen LogP contribution in [0.5, 0.6) is 5.75 Å². The van der Waals surface area contributed by atoms with Gasteiger partial charge in [0.15, 0.2) is 0 Å². The van der Waals surface area contributed by atoms with Crippen LogP contribution in [0.3, 0.4) is 0 Å². The van der Waals surface area contributed by atoms with Crippen molar-refractivity contribution in [1.82, 2.24) is 57.0 Å². The van der Waals surface area contributed by atoms with Gasteiger partial charge in [-0.15, -0.1) is 0 Å². The third-order valence-electron chi connectivity index (χ3n) is 18.7. The van der Waals surface area contributed by atoms with Crippen LogP contribution in [0.15, 0.2) is 103 Å². The van der Waals surface area contributed by atoms with Gasteiger partial charge in [0.05, 0.1) is 19.8 Å². The summed E-state index contributed by atoms with van der Waals surface area (Å²) in [6.07, 6.45) is 3.77. The molecule has 0 spiro atoms. The number of rotatable bonds is 13. The maximum atomic E-state index is 16.1. The highest BCUT2D eigenvalue weighted by molar-refractivity contribution is 6.00. The number of primary amides is 1. The quantitative estimate of drug-likeness (QED) is 0.0738. The highest BCUT2D eigenvalue weighted by Gasteiger charge is 2.49. The molecule has 6 heterocycles. The molecule has 11 atom stereocenters. The minimum absolute atomic E-state index is 0.0199. The lowest BCUT2D eigenvalue weighted by molar-refractivity contribution is -0.147. The van der Waals surface area contributed by atoms with E-state index in [1.807, 2.05) is 12.2 Å². The first-order valence-corrected chi connectivity index (χ1v) is 33.7. The first kappa shape index (κ1) is 74.1. The van der Waals surface area contributed by atoms with E-state index < -0.39 is 163 Å². The number of aliphatic hydroxyl groups excluding tert-OH is 1. The van der Waals surface area contributed by atoms with Gasteiger partial charge in [0.1, 0.15) is 71.4 Å². The molecular weight excluding hydrogens is 1300 g/mol. The van der Waals surface area contributed by atoms with E-state index in [1.165, 1.54) is 74.6 Å². The van der Waals surface area contributed by atoms with Gasteiger partial charge < -0.3 is 78.3 Å². The number of alkyl halides is 1. The number of ether oxygens (including phenoxy) is 1. The van der Waals surface area contributed by atoms with E-state index in [0.29, 0.717) is 82.9 Å². The molecule has 0 aliphatic carbocycles. The number of carbonyl (C=O) groups is 10. The Kier molecular flexibility index (Phi) is 24.9. The standard InChI is InChI=1S/C72H88F3N13O12/c1-40-29-62(91)82-57(32-45-37-78-53-24-20-47(73)34-51(45)53)66(94)83-59(33-46-38-79-54-25-21-48(74)35-52(46)54)69(97)87-39-49(75)36-60(87)67(95)86-63(41(2)89)68(96)84-58(31-44-18-22-50(100-4)23-19-44)70(98)88-28-10-26-72(88,3)71(99)85-56(64(77)92)30-43-16-14-42(15-17-43)11-6-5-7-13-61(90)81-55(65(93)80-40)12-8-9-27-76/h6,11,14-25,34-35,37-38,40-41,49,55-60,63,78-79,89H,5,7-10,12-13,26-33,36,39,76H2,1-4H3,(H2,77,92)(H,80,93)(H,81,90)(H,82,91)(H,83,94)(H,84,96)(H,85,99)(H,86,95)/t40-,41-,49+,55+,56+,57+,58+,59+,60+,63+,72+/m1/s1. The average molecular weight is 1380 g/mol. The molecule has 4 aromatic carbocycles. The van der Waals surface area contributed by atoms with Crippen molar-refractivity contribution in [2.24, 2.45) is 11.5 Å². The molecule has 534 valence electrons. The molecule has 10 amide bonds. The van der Waals surface area contributed by atoms with Crippen molar-refractivity contribution >= 4 is 87.0 Å². The maximum Gasteiger partial charge on any atom is 0.246 e. The van der Waals surface area contributed by atoms with Crippen LogP contribution < -0.4 is 53.4 Å². The number of methoxy groups -OCH3 is 1. The summed E-state index contributed by atoms with van der Waals surface area (Å²) in [4.78, 5) is 153. The van der Waals surface area contributed by atoms with Gasteiger partial charge >= 0.3 is 0 Å². The zero-order valence-electron chi connectivity index (χ0n) is 56.3. The molecule has 2 saturated heterocycles. The number of nitrogens with two attached hydrogens (primary N) is 2. The fraction of sp³-hybridized carbons (Fsp3) is 0.444. The number of H-pyrrole nitrogens is 2. The van der Waals surface area contributed by atoms with Crippen LogP contribution in [0.4, 0.5) is 13.2 Å². The van der Waals surface area contributed by atoms with Gasteiger partial charge in [0.2, 0.25) is 59.1 Å². The van der Waals surface area contributed by atoms with Gasteiger partial charge in [-0.2, -0.15) is 0 Å². The zero-order chi connectivity index (χ0) is 71.9. The van der Waals surface area contributed by atoms with Crippen LogP contribution in [0.2, 0.25) is 0 Å². The molecule has 0 unspecified atom stereocenters. The number of hydrogen-bond donors (Lipinski definition) is 12. The smallest absolute Gasteiger partial charge is 0.246 e. The number of allylic oxidation sites excluding steroid dienone is 1. The van der Waals surface area contributed by atoms with E-state index >= 15 is 18.8 Å². The van der Waals surface area contributed by atoms with Crippen molar-refractivity contribution in [3.8, 4) is 5.75 Å². The van der Waals surface area contributed by atoms with Gasteiger partial charge in [0.25, 0.3) is 0 Å². The normalized spacial score (nSPS) is 25.2. The Morgan fingerprint density at radius 2 is 1.32 bits per heavy atom. The second kappa shape index (κ2) is 33.6. The Labute approximate surface area is 576 Å². The predicted octanol–water partition coefficient (Wildman–Crippen LogP) is 3.52. The van der Waals surface area contributed by atoms with E-state index in [2.05, 4.69) is 47.2 Å². The van der Waals surface area contributed by atoms with Crippen LogP contribution in [0.25, 0.3) is 27.9 Å². The van der Waals surface area contributed by atoms with Crippen LogP contribution in [0, 0.1) is 11.6 Å². The van der Waals surface area contributed by atoms with Crippen LogP contribution >= 0.6 is 0 Å². The van der Waals surface area contributed by atoms with E-state index in [4.69, 9.17) is 16.2 Å². The maximum absolute atomic E-state index is 16.1. The number of aromatic amines is 2. The van der Waals surface area contributed by atoms with Crippen LogP contribution in [-0.2, 0) is 73.6 Å². The van der Waals surface area contributed by atoms with E-state index in [0.717, 1.165) is 10.5 Å². The average Bonchev–Trinajstić information content (AvgIpc) is 1.58. The molecule has 0 saturated carbocycles. The number of unbranched alkanes of at least 4 members (excludes halogenated alkanes) is 1. The molecule has 28 heteroatoms. The molecule has 0 radical (unpaired) electrons. The Morgan fingerprint density at radius 1 is 0.700 bits per heavy atom. The molecule has 2 aromatic heterocycles. The first-order chi connectivity index (χ1) is 47.8. The number of aromatic nitrogens is 2. The van der Waals surface area contributed by atoms with Crippen molar-refractivity contribution in [2.75, 3.05) is 26.7 Å². The number of benzene rings is 4. The lowest BCUT2D eigenvalue weighted by Crippen LogP contribution is -2.64. The topological polar surface area (TPSA) is 374 Å². The summed E-state index contributed by atoms with van der Waals surface area (Å²) in [5.74, 6) is -9.06. The van der Waals surface area contributed by atoms with E-state index in [-0.39, 0.29) is 50.6 Å². The SMILES string of the molecule is COc1ccc(C[C@@H]2NC(=O)[C@H]([C@@H](C)O)NC(=O)[C@@H]3C[C@H](F)CN3C(=O)[C@H](Cc3c[nH]c4ccc(F)cc34)NC(=O)[C@H](Cc3c[nH]c4ccc(F)cc34)NC(=O)C[C@@H](C)NC(=O)[C@H](CCCCN)NC(=O)CCCC=Cc3ccc(cc3)C[C@@H](C(N)=O)NC(=O)[C@]3(C)CCCN3C2=O)cc1. The third kappa shape index (κ3) is 18.8. The second-order valence-corrected chi connectivity index (χ2v) is 26.3. The molecule has 100 heavy (non-hydrogen) atoms.